The Morgan fingerprint density at radius 3 is 2.25 bits per heavy atom. The van der Waals surface area contributed by atoms with E-state index in [9.17, 15) is 4.79 Å². The zero-order chi connectivity index (χ0) is 6.62. The largest absolute Gasteiger partial charge is 0.234 e. The normalized spacial score (nSPS) is 9.12. The minimum atomic E-state index is -0.429. The molecule has 0 aliphatic carbocycles. The summed E-state index contributed by atoms with van der Waals surface area (Å²) >= 11 is 0. The predicted octanol–water partition coefficient (Wildman–Crippen LogP) is 1.03. The highest BCUT2D eigenvalue weighted by Crippen LogP contribution is 2.11. The van der Waals surface area contributed by atoms with Crippen molar-refractivity contribution in [2.45, 2.75) is 13.8 Å². The summed E-state index contributed by atoms with van der Waals surface area (Å²) in [5.41, 5.74) is -0.429. The van der Waals surface area contributed by atoms with Crippen molar-refractivity contribution in [3.05, 3.63) is 6.08 Å². The molecule has 1 heteroatoms. The lowest BCUT2D eigenvalue weighted by Crippen LogP contribution is -2.01. The maximum absolute atomic E-state index is 9.70. The van der Waals surface area contributed by atoms with Crippen LogP contribution in [0, 0.1) is 17.8 Å². The Kier molecular flexibility index (Phi) is 2.06. The summed E-state index contributed by atoms with van der Waals surface area (Å²) in [4.78, 5) is 9.70. The highest BCUT2D eigenvalue weighted by Gasteiger charge is 2.07. The first kappa shape index (κ1) is 7.01. The van der Waals surface area contributed by atoms with Crippen LogP contribution >= 0.6 is 0 Å². The van der Waals surface area contributed by atoms with Crippen LogP contribution in [0.25, 0.3) is 0 Å². The van der Waals surface area contributed by atoms with Crippen LogP contribution in [0.1, 0.15) is 13.8 Å². The van der Waals surface area contributed by atoms with Crippen molar-refractivity contribution in [3.8, 4) is 12.3 Å². The fraction of sp³-hybridized carbons (Fsp3) is 0.429. The Morgan fingerprint density at radius 2 is 2.12 bits per heavy atom. The maximum Gasteiger partial charge on any atom is 0.121 e. The molecule has 0 heterocycles. The number of allylic oxidation sites excluding steroid dienone is 1. The Labute approximate surface area is 49.4 Å². The van der Waals surface area contributed by atoms with E-state index in [4.69, 9.17) is 6.42 Å². The van der Waals surface area contributed by atoms with Gasteiger partial charge in [-0.25, -0.2) is 4.79 Å². The van der Waals surface area contributed by atoms with Gasteiger partial charge >= 0.3 is 0 Å². The van der Waals surface area contributed by atoms with Gasteiger partial charge in [0.15, 0.2) is 0 Å². The molecule has 42 valence electrons. The van der Waals surface area contributed by atoms with E-state index >= 15 is 0 Å². The second kappa shape index (κ2) is 2.35. The van der Waals surface area contributed by atoms with Crippen LogP contribution in [-0.4, -0.2) is 5.94 Å². The lowest BCUT2D eigenvalue weighted by molar-refractivity contribution is 0.561. The van der Waals surface area contributed by atoms with Gasteiger partial charge in [0.25, 0.3) is 0 Å². The first-order chi connectivity index (χ1) is 3.62. The quantitative estimate of drug-likeness (QED) is 0.362. The van der Waals surface area contributed by atoms with Crippen LogP contribution < -0.4 is 0 Å². The highest BCUT2D eigenvalue weighted by atomic mass is 16.1. The van der Waals surface area contributed by atoms with Gasteiger partial charge in [0.1, 0.15) is 5.94 Å². The number of hydrogen-bond donors (Lipinski definition) is 0. The van der Waals surface area contributed by atoms with Crippen molar-refractivity contribution < 1.29 is 4.79 Å². The molecule has 0 aliphatic heterocycles. The number of carbonyl (C=O) groups excluding carboxylic acids is 1. The zero-order valence-corrected chi connectivity index (χ0v) is 5.06. The third-order valence-electron chi connectivity index (χ3n) is 0.792. The molecule has 0 spiro atoms. The summed E-state index contributed by atoms with van der Waals surface area (Å²) in [6, 6.07) is 0. The smallest absolute Gasteiger partial charge is 0.121 e. The Morgan fingerprint density at radius 1 is 1.62 bits per heavy atom. The summed E-state index contributed by atoms with van der Waals surface area (Å²) in [6.07, 6.45) is 6.36. The molecule has 0 amide bonds. The summed E-state index contributed by atoms with van der Waals surface area (Å²) in [5, 5.41) is 0. The van der Waals surface area contributed by atoms with Crippen LogP contribution in [0.5, 0.6) is 0 Å². The van der Waals surface area contributed by atoms with Crippen LogP contribution in [0.2, 0.25) is 0 Å². The lowest BCUT2D eigenvalue weighted by atomic mass is 9.96. The molecule has 0 rings (SSSR count). The van der Waals surface area contributed by atoms with Crippen LogP contribution in [-0.2, 0) is 4.79 Å². The third kappa shape index (κ3) is 2.23. The van der Waals surface area contributed by atoms with Gasteiger partial charge in [0, 0.05) is 6.08 Å². The molecule has 0 saturated heterocycles. The van der Waals surface area contributed by atoms with Crippen molar-refractivity contribution in [2.24, 2.45) is 5.41 Å². The van der Waals surface area contributed by atoms with Gasteiger partial charge < -0.3 is 0 Å². The van der Waals surface area contributed by atoms with Gasteiger partial charge in [-0.1, -0.05) is 5.92 Å². The van der Waals surface area contributed by atoms with Crippen LogP contribution in [0.3, 0.4) is 0 Å². The molecular formula is C7H8O. The number of rotatable bonds is 1. The maximum atomic E-state index is 9.70. The van der Waals surface area contributed by atoms with Gasteiger partial charge in [-0.3, -0.25) is 0 Å². The zero-order valence-electron chi connectivity index (χ0n) is 5.06. The van der Waals surface area contributed by atoms with E-state index in [1.807, 2.05) is 0 Å². The van der Waals surface area contributed by atoms with E-state index in [-0.39, 0.29) is 0 Å². The van der Waals surface area contributed by atoms with Gasteiger partial charge in [-0.05, 0) is 13.8 Å². The third-order valence-corrected chi connectivity index (χ3v) is 0.792. The average molecular weight is 108 g/mol. The molecule has 1 nitrogen and oxygen atoms in total. The number of terminal acetylenes is 1. The SMILES string of the molecule is C#CC(C)(C)C=C=O. The van der Waals surface area contributed by atoms with Gasteiger partial charge in [0.2, 0.25) is 0 Å². The molecule has 0 aromatic rings. The minimum absolute atomic E-state index is 0.429. The summed E-state index contributed by atoms with van der Waals surface area (Å²) in [5.74, 6) is 4.07. The molecule has 0 bridgehead atoms. The molecule has 0 aromatic carbocycles. The van der Waals surface area contributed by atoms with Crippen molar-refractivity contribution >= 4 is 5.94 Å². The van der Waals surface area contributed by atoms with E-state index < -0.39 is 5.41 Å². The van der Waals surface area contributed by atoms with E-state index in [0.717, 1.165) is 0 Å². The fourth-order valence-electron chi connectivity index (χ4n) is 0.189. The van der Waals surface area contributed by atoms with Crippen LogP contribution in [0.4, 0.5) is 0 Å². The molecule has 0 atom stereocenters. The summed E-state index contributed by atoms with van der Waals surface area (Å²) in [7, 11) is 0. The topological polar surface area (TPSA) is 17.1 Å². The van der Waals surface area contributed by atoms with Gasteiger partial charge in [-0.2, -0.15) is 0 Å². The van der Waals surface area contributed by atoms with Crippen molar-refractivity contribution in [1.29, 1.82) is 0 Å². The second-order valence-electron chi connectivity index (χ2n) is 2.13. The van der Waals surface area contributed by atoms with E-state index in [1.54, 1.807) is 19.8 Å². The standard InChI is InChI=1S/C7H8O/c1-4-7(2,3)5-6-8/h1,5H,2-3H3. The number of hydrogen-bond acceptors (Lipinski definition) is 1. The Hall–Kier alpha value is -0.990. The second-order valence-corrected chi connectivity index (χ2v) is 2.13. The highest BCUT2D eigenvalue weighted by molar-refractivity contribution is 5.48. The molecule has 0 radical (unpaired) electrons. The minimum Gasteiger partial charge on any atom is -0.234 e. The Balaban J connectivity index is 4.19. The molecule has 0 saturated carbocycles. The van der Waals surface area contributed by atoms with Crippen molar-refractivity contribution in [2.75, 3.05) is 0 Å². The van der Waals surface area contributed by atoms with E-state index in [1.165, 1.54) is 6.08 Å². The van der Waals surface area contributed by atoms with E-state index in [2.05, 4.69) is 5.92 Å². The molecule has 0 unspecified atom stereocenters. The molecular weight excluding hydrogens is 100 g/mol. The monoisotopic (exact) mass is 108 g/mol. The van der Waals surface area contributed by atoms with Crippen molar-refractivity contribution in [1.82, 2.24) is 0 Å². The predicted molar refractivity (Wildman–Crippen MR) is 32.9 cm³/mol. The van der Waals surface area contributed by atoms with Crippen molar-refractivity contribution in [3.63, 3.8) is 0 Å². The lowest BCUT2D eigenvalue weighted by Gasteiger charge is -2.05. The van der Waals surface area contributed by atoms with Gasteiger partial charge in [0.05, 0.1) is 5.41 Å². The summed E-state index contributed by atoms with van der Waals surface area (Å²) in [6.45, 7) is 3.55. The molecule has 0 aliphatic rings. The van der Waals surface area contributed by atoms with E-state index in [0.29, 0.717) is 0 Å². The summed E-state index contributed by atoms with van der Waals surface area (Å²) < 4.78 is 0. The van der Waals surface area contributed by atoms with Gasteiger partial charge in [-0.15, -0.1) is 6.42 Å². The fourth-order valence-corrected chi connectivity index (χ4v) is 0.189. The first-order valence-electron chi connectivity index (χ1n) is 2.32. The molecule has 0 fully saturated rings. The van der Waals surface area contributed by atoms with Crippen LogP contribution in [0.15, 0.2) is 6.08 Å². The average Bonchev–Trinajstić information content (AvgIpc) is 1.67. The first-order valence-corrected chi connectivity index (χ1v) is 2.32. The Bertz CT molecular complexity index is 154. The molecule has 0 aromatic heterocycles. The molecule has 0 N–H and O–H groups in total. The molecule has 8 heavy (non-hydrogen) atoms.